The van der Waals surface area contributed by atoms with Crippen LogP contribution in [0.3, 0.4) is 0 Å². The van der Waals surface area contributed by atoms with Crippen LogP contribution in [0.1, 0.15) is 104 Å². The fourth-order valence-corrected chi connectivity index (χ4v) is 3.54. The molecule has 1 aliphatic carbocycles. The van der Waals surface area contributed by atoms with Gasteiger partial charge in [-0.2, -0.15) is 0 Å². The highest BCUT2D eigenvalue weighted by molar-refractivity contribution is 4.69. The Balaban J connectivity index is 2.12. The summed E-state index contributed by atoms with van der Waals surface area (Å²) in [6, 6.07) is 0. The van der Waals surface area contributed by atoms with E-state index in [9.17, 15) is 0 Å². The summed E-state index contributed by atoms with van der Waals surface area (Å²) in [5.74, 6) is 2.05. The number of unbranched alkanes of at least 4 members (excludes halogenated alkanes) is 5. The lowest BCUT2D eigenvalue weighted by Gasteiger charge is -2.23. The zero-order chi connectivity index (χ0) is 13.1. The van der Waals surface area contributed by atoms with Gasteiger partial charge in [0.1, 0.15) is 0 Å². The first kappa shape index (κ1) is 16.1. The van der Waals surface area contributed by atoms with Gasteiger partial charge in [-0.05, 0) is 11.8 Å². The lowest BCUT2D eigenvalue weighted by molar-refractivity contribution is 0.285. The second kappa shape index (κ2) is 10.9. The van der Waals surface area contributed by atoms with E-state index < -0.39 is 0 Å². The second-order valence-corrected chi connectivity index (χ2v) is 6.64. The molecule has 0 spiro atoms. The Morgan fingerprint density at radius 3 is 2.11 bits per heavy atom. The number of rotatable bonds is 7. The van der Waals surface area contributed by atoms with Crippen LogP contribution in [-0.2, 0) is 0 Å². The first-order chi connectivity index (χ1) is 8.84. The molecule has 1 fully saturated rings. The van der Waals surface area contributed by atoms with E-state index in [0.29, 0.717) is 0 Å². The van der Waals surface area contributed by atoms with Crippen molar-refractivity contribution < 1.29 is 0 Å². The highest BCUT2D eigenvalue weighted by atomic mass is 14.2. The minimum atomic E-state index is 0.999. The highest BCUT2D eigenvalue weighted by Gasteiger charge is 2.17. The van der Waals surface area contributed by atoms with Crippen LogP contribution in [0.2, 0.25) is 0 Å². The maximum atomic E-state index is 2.52. The van der Waals surface area contributed by atoms with Crippen molar-refractivity contribution in [2.75, 3.05) is 0 Å². The molecule has 0 aromatic carbocycles. The van der Waals surface area contributed by atoms with Crippen LogP contribution in [0.25, 0.3) is 0 Å². The lowest BCUT2D eigenvalue weighted by Crippen LogP contribution is -2.11. The van der Waals surface area contributed by atoms with Gasteiger partial charge in [0.05, 0.1) is 0 Å². The van der Waals surface area contributed by atoms with Gasteiger partial charge in [0.2, 0.25) is 0 Å². The van der Waals surface area contributed by atoms with Crippen molar-refractivity contribution >= 4 is 0 Å². The van der Waals surface area contributed by atoms with Crippen LogP contribution < -0.4 is 0 Å². The highest BCUT2D eigenvalue weighted by Crippen LogP contribution is 2.30. The Morgan fingerprint density at radius 2 is 1.33 bits per heavy atom. The van der Waals surface area contributed by atoms with E-state index in [4.69, 9.17) is 0 Å². The molecule has 0 aromatic rings. The Labute approximate surface area is 116 Å². The Bertz CT molecular complexity index is 173. The molecule has 0 amide bonds. The van der Waals surface area contributed by atoms with E-state index in [1.54, 1.807) is 0 Å². The van der Waals surface area contributed by atoms with E-state index in [1.807, 2.05) is 0 Å². The smallest absolute Gasteiger partial charge is 0.0388 e. The van der Waals surface area contributed by atoms with E-state index in [1.165, 1.54) is 89.9 Å². The number of hydrogen-bond acceptors (Lipinski definition) is 0. The van der Waals surface area contributed by atoms with Crippen molar-refractivity contribution in [1.29, 1.82) is 0 Å². The van der Waals surface area contributed by atoms with Crippen molar-refractivity contribution in [1.82, 2.24) is 0 Å². The molecule has 1 rings (SSSR count). The molecule has 2 atom stereocenters. The van der Waals surface area contributed by atoms with Gasteiger partial charge in [-0.3, -0.25) is 0 Å². The van der Waals surface area contributed by atoms with Gasteiger partial charge in [-0.25, -0.2) is 0 Å². The summed E-state index contributed by atoms with van der Waals surface area (Å²) in [6.07, 6.45) is 20.8. The fourth-order valence-electron chi connectivity index (χ4n) is 3.54. The zero-order valence-electron chi connectivity index (χ0n) is 13.1. The minimum Gasteiger partial charge on any atom is -0.0654 e. The van der Waals surface area contributed by atoms with Gasteiger partial charge in [0, 0.05) is 0 Å². The van der Waals surface area contributed by atoms with Crippen LogP contribution in [0.15, 0.2) is 0 Å². The molecule has 0 heteroatoms. The maximum Gasteiger partial charge on any atom is -0.0388 e. The average Bonchev–Trinajstić information content (AvgIpc) is 2.47. The summed E-state index contributed by atoms with van der Waals surface area (Å²) in [6.45, 7) is 4.83. The minimum absolute atomic E-state index is 0.999. The molecule has 0 nitrogen and oxygen atoms in total. The predicted octanol–water partition coefficient (Wildman–Crippen LogP) is 6.73. The Morgan fingerprint density at radius 1 is 0.722 bits per heavy atom. The third-order valence-corrected chi connectivity index (χ3v) is 4.97. The van der Waals surface area contributed by atoms with Crippen LogP contribution in [0, 0.1) is 11.8 Å². The molecule has 0 saturated heterocycles. The Kier molecular flexibility index (Phi) is 9.70. The molecule has 0 bridgehead atoms. The SMILES string of the molecule is CCCCCCCCC1CCCCCCCC1C. The molecule has 108 valence electrons. The van der Waals surface area contributed by atoms with Crippen molar-refractivity contribution in [3.05, 3.63) is 0 Å². The molecular formula is C18H36. The van der Waals surface area contributed by atoms with E-state index in [2.05, 4.69) is 13.8 Å². The maximum absolute atomic E-state index is 2.52. The Hall–Kier alpha value is 0. The lowest BCUT2D eigenvalue weighted by atomic mass is 9.83. The van der Waals surface area contributed by atoms with Gasteiger partial charge in [0.25, 0.3) is 0 Å². The van der Waals surface area contributed by atoms with E-state index in [0.717, 1.165) is 11.8 Å². The number of hydrogen-bond donors (Lipinski definition) is 0. The molecule has 0 aliphatic heterocycles. The predicted molar refractivity (Wildman–Crippen MR) is 83.0 cm³/mol. The van der Waals surface area contributed by atoms with E-state index >= 15 is 0 Å². The molecule has 2 unspecified atom stereocenters. The van der Waals surface area contributed by atoms with Crippen LogP contribution in [0.5, 0.6) is 0 Å². The molecule has 18 heavy (non-hydrogen) atoms. The normalized spacial score (nSPS) is 26.3. The van der Waals surface area contributed by atoms with Gasteiger partial charge in [0.15, 0.2) is 0 Å². The van der Waals surface area contributed by atoms with Crippen LogP contribution in [0.4, 0.5) is 0 Å². The summed E-state index contributed by atoms with van der Waals surface area (Å²) in [4.78, 5) is 0. The van der Waals surface area contributed by atoms with Gasteiger partial charge < -0.3 is 0 Å². The quantitative estimate of drug-likeness (QED) is 0.440. The average molecular weight is 252 g/mol. The summed E-state index contributed by atoms with van der Waals surface area (Å²) in [5, 5.41) is 0. The van der Waals surface area contributed by atoms with E-state index in [-0.39, 0.29) is 0 Å². The summed E-state index contributed by atoms with van der Waals surface area (Å²) >= 11 is 0. The van der Waals surface area contributed by atoms with Crippen molar-refractivity contribution in [2.24, 2.45) is 11.8 Å². The zero-order valence-corrected chi connectivity index (χ0v) is 13.1. The van der Waals surface area contributed by atoms with Crippen LogP contribution >= 0.6 is 0 Å². The molecule has 0 aromatic heterocycles. The van der Waals surface area contributed by atoms with Crippen molar-refractivity contribution in [2.45, 2.75) is 104 Å². The van der Waals surface area contributed by atoms with Gasteiger partial charge in [-0.15, -0.1) is 0 Å². The summed E-state index contributed by atoms with van der Waals surface area (Å²) in [7, 11) is 0. The summed E-state index contributed by atoms with van der Waals surface area (Å²) < 4.78 is 0. The monoisotopic (exact) mass is 252 g/mol. The fraction of sp³-hybridized carbons (Fsp3) is 1.00. The molecule has 1 aliphatic rings. The molecular weight excluding hydrogens is 216 g/mol. The standard InChI is InChI=1S/C18H36/c1-3-4-5-6-9-12-15-18-16-13-10-7-8-11-14-17(18)2/h17-18H,3-16H2,1-2H3. The topological polar surface area (TPSA) is 0 Å². The third-order valence-electron chi connectivity index (χ3n) is 4.97. The first-order valence-corrected chi connectivity index (χ1v) is 8.84. The molecule has 0 radical (unpaired) electrons. The first-order valence-electron chi connectivity index (χ1n) is 8.84. The van der Waals surface area contributed by atoms with Crippen LogP contribution in [-0.4, -0.2) is 0 Å². The molecule has 0 heterocycles. The summed E-state index contributed by atoms with van der Waals surface area (Å²) in [5.41, 5.74) is 0. The van der Waals surface area contributed by atoms with Gasteiger partial charge in [-0.1, -0.05) is 104 Å². The molecule has 1 saturated carbocycles. The molecule has 0 N–H and O–H groups in total. The van der Waals surface area contributed by atoms with Crippen molar-refractivity contribution in [3.8, 4) is 0 Å². The second-order valence-electron chi connectivity index (χ2n) is 6.64. The van der Waals surface area contributed by atoms with Gasteiger partial charge >= 0.3 is 0 Å². The van der Waals surface area contributed by atoms with Crippen molar-refractivity contribution in [3.63, 3.8) is 0 Å². The third kappa shape index (κ3) is 7.44. The largest absolute Gasteiger partial charge is 0.0654 e.